The lowest BCUT2D eigenvalue weighted by molar-refractivity contribution is 0.556. The van der Waals surface area contributed by atoms with Crippen LogP contribution in [0.2, 0.25) is 0 Å². The van der Waals surface area contributed by atoms with Crippen molar-refractivity contribution >= 4 is 0 Å². The highest BCUT2D eigenvalue weighted by atomic mass is 19.1. The van der Waals surface area contributed by atoms with Crippen LogP contribution in [0.5, 0.6) is 0 Å². The normalized spacial score (nSPS) is 12.4. The minimum Gasteiger partial charge on any atom is -0.304 e. The van der Waals surface area contributed by atoms with E-state index in [1.54, 1.807) is 12.3 Å². The minimum atomic E-state index is -0.212. The Hall–Kier alpha value is -1.81. The average molecular weight is 231 g/mol. The standard InChI is InChI=1S/C13H14FN3/c1-10(11-4-2-5-12(14)8-11)15-9-13-6-3-7-16-17-13/h2-8,10,15H,9H2,1H3. The van der Waals surface area contributed by atoms with Crippen LogP contribution in [0.25, 0.3) is 0 Å². The number of hydrogen-bond donors (Lipinski definition) is 1. The van der Waals surface area contributed by atoms with Crippen molar-refractivity contribution in [3.05, 3.63) is 59.7 Å². The van der Waals surface area contributed by atoms with Crippen LogP contribution < -0.4 is 5.32 Å². The SMILES string of the molecule is CC(NCc1cccnn1)c1cccc(F)c1. The summed E-state index contributed by atoms with van der Waals surface area (Å²) in [4.78, 5) is 0. The second-order valence-electron chi connectivity index (χ2n) is 3.87. The lowest BCUT2D eigenvalue weighted by Gasteiger charge is -2.13. The van der Waals surface area contributed by atoms with Gasteiger partial charge >= 0.3 is 0 Å². The molecule has 0 aliphatic carbocycles. The fourth-order valence-electron chi connectivity index (χ4n) is 1.58. The van der Waals surface area contributed by atoms with Crippen LogP contribution in [-0.2, 0) is 6.54 Å². The zero-order chi connectivity index (χ0) is 12.1. The average Bonchev–Trinajstić information content (AvgIpc) is 2.37. The zero-order valence-corrected chi connectivity index (χ0v) is 9.60. The van der Waals surface area contributed by atoms with Gasteiger partial charge in [0.05, 0.1) is 5.69 Å². The Balaban J connectivity index is 1.96. The molecule has 2 rings (SSSR count). The molecule has 17 heavy (non-hydrogen) atoms. The van der Waals surface area contributed by atoms with Gasteiger partial charge in [-0.25, -0.2) is 4.39 Å². The zero-order valence-electron chi connectivity index (χ0n) is 9.60. The summed E-state index contributed by atoms with van der Waals surface area (Å²) in [5, 5.41) is 11.0. The molecule has 0 spiro atoms. The van der Waals surface area contributed by atoms with Crippen LogP contribution in [0, 0.1) is 5.82 Å². The lowest BCUT2D eigenvalue weighted by Crippen LogP contribution is -2.19. The highest BCUT2D eigenvalue weighted by Crippen LogP contribution is 2.13. The summed E-state index contributed by atoms with van der Waals surface area (Å²) in [6, 6.07) is 10.4. The van der Waals surface area contributed by atoms with Crippen molar-refractivity contribution in [2.75, 3.05) is 0 Å². The molecular formula is C13H14FN3. The minimum absolute atomic E-state index is 0.0766. The predicted molar refractivity (Wildman–Crippen MR) is 63.7 cm³/mol. The Kier molecular flexibility index (Phi) is 3.77. The van der Waals surface area contributed by atoms with Gasteiger partial charge < -0.3 is 5.32 Å². The summed E-state index contributed by atoms with van der Waals surface area (Å²) in [5.41, 5.74) is 1.80. The molecule has 88 valence electrons. The Labute approximate surface area is 99.7 Å². The van der Waals surface area contributed by atoms with Crippen molar-refractivity contribution in [3.8, 4) is 0 Å². The van der Waals surface area contributed by atoms with Crippen molar-refractivity contribution in [1.82, 2.24) is 15.5 Å². The fraction of sp³-hybridized carbons (Fsp3) is 0.231. The fourth-order valence-corrected chi connectivity index (χ4v) is 1.58. The molecule has 0 bridgehead atoms. The molecule has 0 amide bonds. The van der Waals surface area contributed by atoms with Crippen molar-refractivity contribution < 1.29 is 4.39 Å². The van der Waals surface area contributed by atoms with E-state index < -0.39 is 0 Å². The molecule has 0 saturated heterocycles. The molecule has 0 aliphatic heterocycles. The number of nitrogens with one attached hydrogen (secondary N) is 1. The third-order valence-electron chi connectivity index (χ3n) is 2.57. The summed E-state index contributed by atoms with van der Waals surface area (Å²) in [5.74, 6) is -0.212. The number of aromatic nitrogens is 2. The highest BCUT2D eigenvalue weighted by molar-refractivity contribution is 5.19. The molecule has 2 aromatic rings. The van der Waals surface area contributed by atoms with Crippen LogP contribution in [0.4, 0.5) is 4.39 Å². The number of rotatable bonds is 4. The first-order valence-electron chi connectivity index (χ1n) is 5.51. The van der Waals surface area contributed by atoms with Crippen LogP contribution in [0.3, 0.4) is 0 Å². The first-order chi connectivity index (χ1) is 8.25. The van der Waals surface area contributed by atoms with Gasteiger partial charge in [-0.3, -0.25) is 0 Å². The van der Waals surface area contributed by atoms with Crippen LogP contribution >= 0.6 is 0 Å². The van der Waals surface area contributed by atoms with E-state index in [4.69, 9.17) is 0 Å². The summed E-state index contributed by atoms with van der Waals surface area (Å²) >= 11 is 0. The van der Waals surface area contributed by atoms with Gasteiger partial charge in [-0.05, 0) is 36.8 Å². The largest absolute Gasteiger partial charge is 0.304 e. The van der Waals surface area contributed by atoms with E-state index in [1.165, 1.54) is 12.1 Å². The molecule has 1 atom stereocenters. The molecule has 1 aromatic heterocycles. The predicted octanol–water partition coefficient (Wildman–Crippen LogP) is 2.47. The van der Waals surface area contributed by atoms with E-state index in [2.05, 4.69) is 15.5 Å². The number of nitrogens with zero attached hydrogens (tertiary/aromatic N) is 2. The molecule has 4 heteroatoms. The molecule has 0 saturated carbocycles. The first kappa shape index (κ1) is 11.7. The van der Waals surface area contributed by atoms with Crippen molar-refractivity contribution in [2.24, 2.45) is 0 Å². The monoisotopic (exact) mass is 231 g/mol. The molecule has 0 aliphatic rings. The third-order valence-corrected chi connectivity index (χ3v) is 2.57. The van der Waals surface area contributed by atoms with E-state index in [0.717, 1.165) is 11.3 Å². The van der Waals surface area contributed by atoms with E-state index in [1.807, 2.05) is 25.1 Å². The molecular weight excluding hydrogens is 217 g/mol. The van der Waals surface area contributed by atoms with Gasteiger partial charge in [-0.15, -0.1) is 0 Å². The second-order valence-corrected chi connectivity index (χ2v) is 3.87. The van der Waals surface area contributed by atoms with Gasteiger partial charge in [-0.2, -0.15) is 10.2 Å². The van der Waals surface area contributed by atoms with Gasteiger partial charge in [-0.1, -0.05) is 12.1 Å². The first-order valence-corrected chi connectivity index (χ1v) is 5.51. The van der Waals surface area contributed by atoms with Crippen molar-refractivity contribution in [2.45, 2.75) is 19.5 Å². The molecule has 0 radical (unpaired) electrons. The summed E-state index contributed by atoms with van der Waals surface area (Å²) < 4.78 is 13.0. The van der Waals surface area contributed by atoms with Gasteiger partial charge in [0.15, 0.2) is 0 Å². The van der Waals surface area contributed by atoms with E-state index >= 15 is 0 Å². The number of hydrogen-bond acceptors (Lipinski definition) is 3. The Bertz CT molecular complexity index is 473. The third kappa shape index (κ3) is 3.32. The highest BCUT2D eigenvalue weighted by Gasteiger charge is 2.05. The van der Waals surface area contributed by atoms with Crippen LogP contribution in [0.15, 0.2) is 42.6 Å². The Morgan fingerprint density at radius 1 is 1.29 bits per heavy atom. The molecule has 1 aromatic carbocycles. The molecule has 1 N–H and O–H groups in total. The van der Waals surface area contributed by atoms with Crippen molar-refractivity contribution in [1.29, 1.82) is 0 Å². The topological polar surface area (TPSA) is 37.8 Å². The van der Waals surface area contributed by atoms with Gasteiger partial charge in [0.25, 0.3) is 0 Å². The number of benzene rings is 1. The number of halogens is 1. The quantitative estimate of drug-likeness (QED) is 0.878. The maximum atomic E-state index is 13.0. The van der Waals surface area contributed by atoms with E-state index in [-0.39, 0.29) is 11.9 Å². The van der Waals surface area contributed by atoms with Crippen LogP contribution in [-0.4, -0.2) is 10.2 Å². The molecule has 0 fully saturated rings. The van der Waals surface area contributed by atoms with Crippen LogP contribution in [0.1, 0.15) is 24.2 Å². The Morgan fingerprint density at radius 2 is 2.18 bits per heavy atom. The summed E-state index contributed by atoms with van der Waals surface area (Å²) in [6.45, 7) is 2.61. The summed E-state index contributed by atoms with van der Waals surface area (Å²) in [6.07, 6.45) is 1.64. The van der Waals surface area contributed by atoms with Gasteiger partial charge in [0.1, 0.15) is 5.82 Å². The van der Waals surface area contributed by atoms with E-state index in [9.17, 15) is 4.39 Å². The van der Waals surface area contributed by atoms with Gasteiger partial charge in [0, 0.05) is 18.8 Å². The second kappa shape index (κ2) is 5.50. The molecule has 3 nitrogen and oxygen atoms in total. The maximum absolute atomic E-state index is 13.0. The lowest BCUT2D eigenvalue weighted by atomic mass is 10.1. The molecule has 1 heterocycles. The Morgan fingerprint density at radius 3 is 2.88 bits per heavy atom. The molecule has 1 unspecified atom stereocenters. The van der Waals surface area contributed by atoms with Gasteiger partial charge in [0.2, 0.25) is 0 Å². The van der Waals surface area contributed by atoms with Crippen molar-refractivity contribution in [3.63, 3.8) is 0 Å². The summed E-state index contributed by atoms with van der Waals surface area (Å²) in [7, 11) is 0. The smallest absolute Gasteiger partial charge is 0.123 e. The maximum Gasteiger partial charge on any atom is 0.123 e. The van der Waals surface area contributed by atoms with E-state index in [0.29, 0.717) is 6.54 Å².